The Labute approximate surface area is 117 Å². The molecule has 0 aromatic carbocycles. The number of ether oxygens (including phenoxy) is 1. The van der Waals surface area contributed by atoms with Gasteiger partial charge in [-0.25, -0.2) is 4.98 Å². The Morgan fingerprint density at radius 1 is 1.68 bits per heavy atom. The lowest BCUT2D eigenvalue weighted by molar-refractivity contribution is -0.138. The highest BCUT2D eigenvalue weighted by molar-refractivity contribution is 7.99. The molecule has 1 N–H and O–H groups in total. The zero-order valence-electron chi connectivity index (χ0n) is 10.9. The van der Waals surface area contributed by atoms with Gasteiger partial charge in [-0.3, -0.25) is 9.69 Å². The van der Waals surface area contributed by atoms with Crippen molar-refractivity contribution in [2.75, 3.05) is 25.2 Å². The van der Waals surface area contributed by atoms with Crippen LogP contribution in [0.25, 0.3) is 0 Å². The molecule has 0 radical (unpaired) electrons. The van der Waals surface area contributed by atoms with Gasteiger partial charge in [-0.15, -0.1) is 0 Å². The minimum absolute atomic E-state index is 0.0844. The maximum absolute atomic E-state index is 10.9. The van der Waals surface area contributed by atoms with E-state index in [1.54, 1.807) is 13.3 Å². The van der Waals surface area contributed by atoms with E-state index in [-0.39, 0.29) is 12.5 Å². The first-order valence-electron chi connectivity index (χ1n) is 6.22. The second-order valence-corrected chi connectivity index (χ2v) is 5.62. The van der Waals surface area contributed by atoms with Crippen molar-refractivity contribution in [3.63, 3.8) is 0 Å². The number of aromatic nitrogens is 1. The van der Waals surface area contributed by atoms with E-state index < -0.39 is 5.97 Å². The van der Waals surface area contributed by atoms with Crippen LogP contribution in [0.15, 0.2) is 18.3 Å². The fraction of sp³-hybridized carbons (Fsp3) is 0.538. The van der Waals surface area contributed by atoms with Gasteiger partial charge < -0.3 is 9.84 Å². The second-order valence-electron chi connectivity index (χ2n) is 4.47. The molecule has 1 aliphatic heterocycles. The Morgan fingerprint density at radius 2 is 2.53 bits per heavy atom. The average molecular weight is 282 g/mol. The molecule has 5 nitrogen and oxygen atoms in total. The maximum Gasteiger partial charge on any atom is 0.304 e. The lowest BCUT2D eigenvalue weighted by Crippen LogP contribution is -2.43. The number of hydrogen-bond donors (Lipinski definition) is 1. The van der Waals surface area contributed by atoms with E-state index in [9.17, 15) is 4.79 Å². The van der Waals surface area contributed by atoms with Crippen LogP contribution in [0.3, 0.4) is 0 Å². The molecule has 19 heavy (non-hydrogen) atoms. The van der Waals surface area contributed by atoms with Gasteiger partial charge in [0.1, 0.15) is 0 Å². The molecule has 2 heterocycles. The monoisotopic (exact) mass is 282 g/mol. The molecule has 1 atom stereocenters. The molecular weight excluding hydrogens is 264 g/mol. The Balaban J connectivity index is 2.08. The fourth-order valence-corrected chi connectivity index (χ4v) is 3.36. The van der Waals surface area contributed by atoms with Gasteiger partial charge in [0, 0.05) is 42.4 Å². The van der Waals surface area contributed by atoms with Crippen molar-refractivity contribution in [3.8, 4) is 5.88 Å². The minimum atomic E-state index is -0.740. The largest absolute Gasteiger partial charge is 0.481 e. The molecule has 1 aromatic rings. The van der Waals surface area contributed by atoms with Gasteiger partial charge in [0.2, 0.25) is 5.88 Å². The van der Waals surface area contributed by atoms with Crippen molar-refractivity contribution in [2.45, 2.75) is 19.0 Å². The van der Waals surface area contributed by atoms with Gasteiger partial charge >= 0.3 is 5.97 Å². The average Bonchev–Trinajstić information content (AvgIpc) is 2.41. The number of carbonyl (C=O) groups is 1. The standard InChI is InChI=1S/C13H18N2O3S/c1-18-13-10(3-2-4-14-13)8-15-5-6-19-9-11(15)7-12(16)17/h2-4,11H,5-9H2,1H3,(H,16,17). The normalized spacial score (nSPS) is 20.2. The van der Waals surface area contributed by atoms with Crippen molar-refractivity contribution in [1.29, 1.82) is 0 Å². The molecule has 0 saturated carbocycles. The Morgan fingerprint density at radius 3 is 3.26 bits per heavy atom. The molecule has 1 saturated heterocycles. The summed E-state index contributed by atoms with van der Waals surface area (Å²) in [6, 6.07) is 3.94. The van der Waals surface area contributed by atoms with Crippen LogP contribution < -0.4 is 4.74 Å². The van der Waals surface area contributed by atoms with Crippen LogP contribution in [0.2, 0.25) is 0 Å². The van der Waals surface area contributed by atoms with Gasteiger partial charge in [0.15, 0.2) is 0 Å². The van der Waals surface area contributed by atoms with E-state index in [0.29, 0.717) is 12.4 Å². The molecule has 0 bridgehead atoms. The second kappa shape index (κ2) is 6.77. The SMILES string of the molecule is COc1ncccc1CN1CCSCC1CC(=O)O. The van der Waals surface area contributed by atoms with E-state index >= 15 is 0 Å². The number of rotatable bonds is 5. The Hall–Kier alpha value is -1.27. The van der Waals surface area contributed by atoms with Crippen LogP contribution >= 0.6 is 11.8 Å². The zero-order chi connectivity index (χ0) is 13.7. The molecule has 1 unspecified atom stereocenters. The third-order valence-electron chi connectivity index (χ3n) is 3.18. The molecular formula is C13H18N2O3S. The van der Waals surface area contributed by atoms with Crippen LogP contribution in [0, 0.1) is 0 Å². The summed E-state index contributed by atoms with van der Waals surface area (Å²) in [6.07, 6.45) is 1.89. The van der Waals surface area contributed by atoms with Crippen molar-refractivity contribution in [2.24, 2.45) is 0 Å². The number of pyridine rings is 1. The summed E-state index contributed by atoms with van der Waals surface area (Å²) in [7, 11) is 1.60. The molecule has 1 fully saturated rings. The number of carboxylic acid groups (broad SMARTS) is 1. The molecule has 104 valence electrons. The maximum atomic E-state index is 10.9. The van der Waals surface area contributed by atoms with Gasteiger partial charge in [-0.2, -0.15) is 11.8 Å². The number of methoxy groups -OCH3 is 1. The molecule has 1 aromatic heterocycles. The smallest absolute Gasteiger partial charge is 0.304 e. The quantitative estimate of drug-likeness (QED) is 0.882. The number of thioether (sulfide) groups is 1. The van der Waals surface area contributed by atoms with Crippen molar-refractivity contribution >= 4 is 17.7 Å². The van der Waals surface area contributed by atoms with E-state index in [2.05, 4.69) is 9.88 Å². The summed E-state index contributed by atoms with van der Waals surface area (Å²) in [5.74, 6) is 1.79. The number of carboxylic acids is 1. The number of aliphatic carboxylic acids is 1. The minimum Gasteiger partial charge on any atom is -0.481 e. The number of hydrogen-bond acceptors (Lipinski definition) is 5. The van der Waals surface area contributed by atoms with Crippen LogP contribution in [-0.2, 0) is 11.3 Å². The van der Waals surface area contributed by atoms with Gasteiger partial charge in [-0.1, -0.05) is 6.07 Å². The molecule has 0 spiro atoms. The van der Waals surface area contributed by atoms with E-state index in [1.165, 1.54) is 0 Å². The summed E-state index contributed by atoms with van der Waals surface area (Å²) in [5.41, 5.74) is 1.01. The highest BCUT2D eigenvalue weighted by atomic mass is 32.2. The zero-order valence-corrected chi connectivity index (χ0v) is 11.7. The molecule has 2 rings (SSSR count). The van der Waals surface area contributed by atoms with Crippen LogP contribution in [-0.4, -0.2) is 52.2 Å². The number of nitrogens with zero attached hydrogens (tertiary/aromatic N) is 2. The Kier molecular flexibility index (Phi) is 5.04. The van der Waals surface area contributed by atoms with Crippen LogP contribution in [0.1, 0.15) is 12.0 Å². The lowest BCUT2D eigenvalue weighted by atomic mass is 10.1. The molecule has 0 aliphatic carbocycles. The summed E-state index contributed by atoms with van der Waals surface area (Å²) >= 11 is 1.82. The third kappa shape index (κ3) is 3.84. The summed E-state index contributed by atoms with van der Waals surface area (Å²) in [5, 5.41) is 8.98. The first-order chi connectivity index (χ1) is 9.20. The highest BCUT2D eigenvalue weighted by Crippen LogP contribution is 2.23. The van der Waals surface area contributed by atoms with Crippen molar-refractivity contribution in [3.05, 3.63) is 23.9 Å². The predicted molar refractivity (Wildman–Crippen MR) is 74.6 cm³/mol. The van der Waals surface area contributed by atoms with E-state index in [4.69, 9.17) is 9.84 Å². The summed E-state index contributed by atoms with van der Waals surface area (Å²) in [6.45, 7) is 1.59. The summed E-state index contributed by atoms with van der Waals surface area (Å²) in [4.78, 5) is 17.3. The van der Waals surface area contributed by atoms with Crippen LogP contribution in [0.5, 0.6) is 5.88 Å². The molecule has 6 heteroatoms. The highest BCUT2D eigenvalue weighted by Gasteiger charge is 2.25. The Bertz CT molecular complexity index is 442. The van der Waals surface area contributed by atoms with Gasteiger partial charge in [0.25, 0.3) is 0 Å². The first kappa shape index (κ1) is 14.1. The third-order valence-corrected chi connectivity index (χ3v) is 4.27. The molecule has 1 aliphatic rings. The topological polar surface area (TPSA) is 62.7 Å². The van der Waals surface area contributed by atoms with E-state index in [0.717, 1.165) is 23.6 Å². The van der Waals surface area contributed by atoms with Gasteiger partial charge in [-0.05, 0) is 6.07 Å². The van der Waals surface area contributed by atoms with Crippen molar-refractivity contribution in [1.82, 2.24) is 9.88 Å². The summed E-state index contributed by atoms with van der Waals surface area (Å²) < 4.78 is 5.24. The van der Waals surface area contributed by atoms with Gasteiger partial charge in [0.05, 0.1) is 13.5 Å². The van der Waals surface area contributed by atoms with E-state index in [1.807, 2.05) is 23.9 Å². The predicted octanol–water partition coefficient (Wildman–Crippen LogP) is 1.48. The first-order valence-corrected chi connectivity index (χ1v) is 7.37. The van der Waals surface area contributed by atoms with Crippen LogP contribution in [0.4, 0.5) is 0 Å². The molecule has 0 amide bonds. The fourth-order valence-electron chi connectivity index (χ4n) is 2.23. The lowest BCUT2D eigenvalue weighted by Gasteiger charge is -2.34. The van der Waals surface area contributed by atoms with Crippen molar-refractivity contribution < 1.29 is 14.6 Å².